The lowest BCUT2D eigenvalue weighted by molar-refractivity contribution is -0.121. The molecule has 2 aromatic heterocycles. The largest absolute Gasteiger partial charge is 0.497 e. The number of nitrogens with one attached hydrogen (secondary N) is 2. The monoisotopic (exact) mass is 371 g/mol. The molecule has 0 aliphatic heterocycles. The summed E-state index contributed by atoms with van der Waals surface area (Å²) in [5.41, 5.74) is 2.15. The first-order chi connectivity index (χ1) is 12.5. The van der Waals surface area contributed by atoms with Crippen LogP contribution in [0.15, 0.2) is 34.4 Å². The normalized spacial score (nSPS) is 10.8. The topological polar surface area (TPSA) is 84.1 Å². The van der Waals surface area contributed by atoms with E-state index in [0.29, 0.717) is 30.7 Å². The van der Waals surface area contributed by atoms with Gasteiger partial charge in [0.25, 0.3) is 5.56 Å². The first-order valence-corrected chi connectivity index (χ1v) is 9.31. The summed E-state index contributed by atoms with van der Waals surface area (Å²) >= 11 is 1.61. The Morgan fingerprint density at radius 3 is 2.88 bits per heavy atom. The molecule has 0 spiro atoms. The molecule has 26 heavy (non-hydrogen) atoms. The number of methoxy groups -OCH3 is 1. The van der Waals surface area contributed by atoms with Crippen LogP contribution < -0.4 is 15.6 Å². The predicted octanol–water partition coefficient (Wildman–Crippen LogP) is 2.59. The van der Waals surface area contributed by atoms with Crippen molar-refractivity contribution in [2.45, 2.75) is 26.2 Å². The number of ether oxygens (including phenoxy) is 1. The van der Waals surface area contributed by atoms with E-state index < -0.39 is 0 Å². The number of pyridine rings is 1. The zero-order valence-electron chi connectivity index (χ0n) is 14.8. The average Bonchev–Trinajstić information content (AvgIpc) is 3.04. The second-order valence-electron chi connectivity index (χ2n) is 6.03. The van der Waals surface area contributed by atoms with Gasteiger partial charge in [-0.05, 0) is 36.9 Å². The predicted molar refractivity (Wildman–Crippen MR) is 103 cm³/mol. The summed E-state index contributed by atoms with van der Waals surface area (Å²) in [5, 5.41) is 6.83. The summed E-state index contributed by atoms with van der Waals surface area (Å²) < 4.78 is 5.16. The molecule has 0 saturated carbocycles. The number of nitrogens with zero attached hydrogens (tertiary/aromatic N) is 1. The minimum Gasteiger partial charge on any atom is -0.497 e. The van der Waals surface area contributed by atoms with Crippen molar-refractivity contribution >= 4 is 28.1 Å². The maximum Gasteiger partial charge on any atom is 0.251 e. The molecule has 2 heterocycles. The van der Waals surface area contributed by atoms with Crippen LogP contribution in [-0.2, 0) is 17.6 Å². The van der Waals surface area contributed by atoms with E-state index in [1.807, 2.05) is 30.5 Å². The highest BCUT2D eigenvalue weighted by Gasteiger charge is 2.08. The molecule has 6 nitrogen and oxygen atoms in total. The Labute approximate surface area is 155 Å². The summed E-state index contributed by atoms with van der Waals surface area (Å²) in [6.07, 6.45) is 1.40. The molecule has 0 aliphatic rings. The third-order valence-corrected chi connectivity index (χ3v) is 4.94. The van der Waals surface area contributed by atoms with Crippen molar-refractivity contribution in [3.63, 3.8) is 0 Å². The number of aromatic nitrogens is 2. The van der Waals surface area contributed by atoms with Crippen LogP contribution in [-0.4, -0.2) is 29.5 Å². The zero-order chi connectivity index (χ0) is 18.5. The summed E-state index contributed by atoms with van der Waals surface area (Å²) in [4.78, 5) is 31.4. The van der Waals surface area contributed by atoms with Gasteiger partial charge in [-0.3, -0.25) is 9.59 Å². The molecule has 0 saturated heterocycles. The van der Waals surface area contributed by atoms with E-state index in [9.17, 15) is 9.59 Å². The van der Waals surface area contributed by atoms with Crippen LogP contribution in [0.5, 0.6) is 5.75 Å². The summed E-state index contributed by atoms with van der Waals surface area (Å²) in [5.74, 6) is 0.627. The van der Waals surface area contributed by atoms with E-state index >= 15 is 0 Å². The molecule has 3 rings (SSSR count). The first-order valence-electron chi connectivity index (χ1n) is 8.43. The van der Waals surface area contributed by atoms with Gasteiger partial charge in [-0.2, -0.15) is 0 Å². The van der Waals surface area contributed by atoms with Crippen molar-refractivity contribution in [1.82, 2.24) is 15.3 Å². The number of hydrogen-bond donors (Lipinski definition) is 2. The molecule has 1 amide bonds. The second-order valence-corrected chi connectivity index (χ2v) is 7.10. The molecule has 2 N–H and O–H groups in total. The van der Waals surface area contributed by atoms with Crippen molar-refractivity contribution in [1.29, 1.82) is 0 Å². The van der Waals surface area contributed by atoms with E-state index in [2.05, 4.69) is 15.3 Å². The molecule has 1 aromatic carbocycles. The molecule has 136 valence electrons. The quantitative estimate of drug-likeness (QED) is 0.669. The number of aryl methyl sites for hydroxylation is 2. The van der Waals surface area contributed by atoms with E-state index in [1.54, 1.807) is 24.5 Å². The number of aromatic amines is 1. The fourth-order valence-electron chi connectivity index (χ4n) is 2.73. The van der Waals surface area contributed by atoms with Crippen molar-refractivity contribution in [3.05, 3.63) is 56.3 Å². The molecule has 0 aliphatic carbocycles. The second kappa shape index (κ2) is 8.14. The fraction of sp³-hybridized carbons (Fsp3) is 0.316. The number of thiazole rings is 1. The van der Waals surface area contributed by atoms with Crippen molar-refractivity contribution in [3.8, 4) is 5.75 Å². The third-order valence-electron chi connectivity index (χ3n) is 4.12. The third kappa shape index (κ3) is 4.49. The number of carbonyl (C=O) groups excluding carboxylic acids is 1. The number of hydrogen-bond acceptors (Lipinski definition) is 5. The van der Waals surface area contributed by atoms with Gasteiger partial charge in [0.05, 0.1) is 23.3 Å². The van der Waals surface area contributed by atoms with Gasteiger partial charge in [0.15, 0.2) is 0 Å². The highest BCUT2D eigenvalue weighted by atomic mass is 32.1. The van der Waals surface area contributed by atoms with Crippen LogP contribution >= 0.6 is 11.3 Å². The highest BCUT2D eigenvalue weighted by molar-refractivity contribution is 7.09. The number of amides is 1. The molecule has 0 atom stereocenters. The molecule has 0 fully saturated rings. The van der Waals surface area contributed by atoms with Crippen LogP contribution in [0, 0.1) is 6.92 Å². The van der Waals surface area contributed by atoms with Crippen LogP contribution in [0.4, 0.5) is 0 Å². The van der Waals surface area contributed by atoms with Gasteiger partial charge >= 0.3 is 0 Å². The number of H-pyrrole nitrogens is 1. The summed E-state index contributed by atoms with van der Waals surface area (Å²) in [7, 11) is 1.59. The standard InChI is InChI=1S/C19H21N3O3S/c1-12-21-15(11-26-12)7-8-20-18(23)6-4-14-9-13-3-5-16(25-2)10-17(13)22-19(14)24/h3,5,9-11H,4,6-8H2,1-2H3,(H,20,23)(H,22,24). The first kappa shape index (κ1) is 18.1. The number of benzene rings is 1. The van der Waals surface area contributed by atoms with Gasteiger partial charge in [-0.1, -0.05) is 0 Å². The van der Waals surface area contributed by atoms with E-state index in [-0.39, 0.29) is 17.9 Å². The lowest BCUT2D eigenvalue weighted by atomic mass is 10.1. The zero-order valence-corrected chi connectivity index (χ0v) is 15.6. The smallest absolute Gasteiger partial charge is 0.251 e. The van der Waals surface area contributed by atoms with Crippen LogP contribution in [0.2, 0.25) is 0 Å². The molecule has 0 unspecified atom stereocenters. The number of carbonyl (C=O) groups is 1. The lowest BCUT2D eigenvalue weighted by Crippen LogP contribution is -2.26. The molecule has 0 radical (unpaired) electrons. The van der Waals surface area contributed by atoms with Gasteiger partial charge in [0.2, 0.25) is 5.91 Å². The summed E-state index contributed by atoms with van der Waals surface area (Å²) in [6, 6.07) is 7.35. The Balaban J connectivity index is 1.55. The van der Waals surface area contributed by atoms with Gasteiger partial charge in [0.1, 0.15) is 5.75 Å². The number of rotatable bonds is 7. The Bertz CT molecular complexity index is 978. The lowest BCUT2D eigenvalue weighted by Gasteiger charge is -2.06. The highest BCUT2D eigenvalue weighted by Crippen LogP contribution is 2.18. The number of fused-ring (bicyclic) bond motifs is 1. The molecular weight excluding hydrogens is 350 g/mol. The average molecular weight is 371 g/mol. The Hall–Kier alpha value is -2.67. The van der Waals surface area contributed by atoms with Crippen molar-refractivity contribution < 1.29 is 9.53 Å². The minimum atomic E-state index is -0.170. The van der Waals surface area contributed by atoms with Crippen molar-refractivity contribution in [2.75, 3.05) is 13.7 Å². The molecule has 0 bridgehead atoms. The van der Waals surface area contributed by atoms with Gasteiger partial charge in [-0.15, -0.1) is 11.3 Å². The van der Waals surface area contributed by atoms with E-state index in [4.69, 9.17) is 4.74 Å². The minimum absolute atomic E-state index is 0.0637. The van der Waals surface area contributed by atoms with Crippen LogP contribution in [0.3, 0.4) is 0 Å². The Kier molecular flexibility index (Phi) is 5.68. The maximum absolute atomic E-state index is 12.2. The fourth-order valence-corrected chi connectivity index (χ4v) is 3.37. The van der Waals surface area contributed by atoms with Crippen LogP contribution in [0.25, 0.3) is 10.9 Å². The molecule has 3 aromatic rings. The molecule has 7 heteroatoms. The van der Waals surface area contributed by atoms with Crippen molar-refractivity contribution in [2.24, 2.45) is 0 Å². The van der Waals surface area contributed by atoms with E-state index in [0.717, 1.165) is 21.6 Å². The molecular formula is C19H21N3O3S. The Morgan fingerprint density at radius 1 is 1.31 bits per heavy atom. The summed E-state index contributed by atoms with van der Waals surface area (Å²) in [6.45, 7) is 2.51. The van der Waals surface area contributed by atoms with Crippen LogP contribution in [0.1, 0.15) is 22.7 Å². The van der Waals surface area contributed by atoms with Gasteiger partial charge in [-0.25, -0.2) is 4.98 Å². The SMILES string of the molecule is COc1ccc2cc(CCC(=O)NCCc3csc(C)n3)c(=O)[nH]c2c1. The van der Waals surface area contributed by atoms with E-state index in [1.165, 1.54) is 0 Å². The van der Waals surface area contributed by atoms with Gasteiger partial charge < -0.3 is 15.0 Å². The maximum atomic E-state index is 12.2. The Morgan fingerprint density at radius 2 is 2.15 bits per heavy atom. The van der Waals surface area contributed by atoms with Gasteiger partial charge in [0, 0.05) is 36.4 Å².